The third-order valence-electron chi connectivity index (χ3n) is 4.95. The van der Waals surface area contributed by atoms with Gasteiger partial charge in [0.1, 0.15) is 11.5 Å². The largest absolute Gasteiger partial charge is 0.493 e. The van der Waals surface area contributed by atoms with Gasteiger partial charge in [0, 0.05) is 34.8 Å². The van der Waals surface area contributed by atoms with Gasteiger partial charge in [-0.15, -0.1) is 0 Å². The Morgan fingerprint density at radius 3 is 2.61 bits per heavy atom. The van der Waals surface area contributed by atoms with Gasteiger partial charge in [-0.2, -0.15) is 0 Å². The van der Waals surface area contributed by atoms with Crippen LogP contribution in [0.5, 0.6) is 11.5 Å². The zero-order chi connectivity index (χ0) is 19.3. The molecule has 0 saturated carbocycles. The predicted octanol–water partition coefficient (Wildman–Crippen LogP) is 4.28. The van der Waals surface area contributed by atoms with Gasteiger partial charge in [-0.05, 0) is 43.5 Å². The number of benzene rings is 2. The molecule has 5 nitrogen and oxygen atoms in total. The number of nitrogens with one attached hydrogen (secondary N) is 1. The van der Waals surface area contributed by atoms with Crippen LogP contribution in [0.15, 0.2) is 48.5 Å². The molecule has 3 aromatic rings. The van der Waals surface area contributed by atoms with Gasteiger partial charge in [-0.25, -0.2) is 0 Å². The second-order valence-electron chi connectivity index (χ2n) is 6.85. The first kappa shape index (κ1) is 18.3. The van der Waals surface area contributed by atoms with Crippen LogP contribution in [0, 0.1) is 0 Å². The number of hydrogen-bond donors (Lipinski definition) is 1. The Bertz CT molecular complexity index is 1000. The van der Waals surface area contributed by atoms with Crippen LogP contribution in [0.4, 0.5) is 0 Å². The predicted molar refractivity (Wildman–Crippen MR) is 109 cm³/mol. The van der Waals surface area contributed by atoms with Crippen LogP contribution >= 0.6 is 0 Å². The molecule has 144 valence electrons. The summed E-state index contributed by atoms with van der Waals surface area (Å²) in [6.07, 6.45) is 2.66. The molecule has 2 aromatic carbocycles. The second-order valence-corrected chi connectivity index (χ2v) is 6.85. The lowest BCUT2D eigenvalue weighted by atomic mass is 10.1. The van der Waals surface area contributed by atoms with Crippen LogP contribution < -0.4 is 14.8 Å². The quantitative estimate of drug-likeness (QED) is 0.596. The number of hydrogen-bond acceptors (Lipinski definition) is 4. The molecular formula is C23H24N2O3. The smallest absolute Gasteiger partial charge is 0.252 e. The summed E-state index contributed by atoms with van der Waals surface area (Å²) in [7, 11) is 0. The Kier molecular flexibility index (Phi) is 5.42. The number of aryl methyl sites for hydroxylation is 1. The third-order valence-corrected chi connectivity index (χ3v) is 4.95. The van der Waals surface area contributed by atoms with Gasteiger partial charge in [0.15, 0.2) is 0 Å². The van der Waals surface area contributed by atoms with E-state index in [1.807, 2.05) is 48.5 Å². The minimum Gasteiger partial charge on any atom is -0.493 e. The van der Waals surface area contributed by atoms with E-state index in [4.69, 9.17) is 9.47 Å². The molecule has 0 bridgehead atoms. The highest BCUT2D eigenvalue weighted by Gasteiger charge is 2.21. The van der Waals surface area contributed by atoms with Crippen LogP contribution in [-0.4, -0.2) is 24.1 Å². The molecule has 2 heterocycles. The minimum absolute atomic E-state index is 0.0233. The molecule has 0 spiro atoms. The van der Waals surface area contributed by atoms with Crippen molar-refractivity contribution in [2.45, 2.75) is 32.7 Å². The topological polar surface area (TPSA) is 60.5 Å². The van der Waals surface area contributed by atoms with Crippen LogP contribution in [0.2, 0.25) is 0 Å². The van der Waals surface area contributed by atoms with Crippen LogP contribution in [0.3, 0.4) is 0 Å². The molecule has 0 atom stereocenters. The summed E-state index contributed by atoms with van der Waals surface area (Å²) in [4.78, 5) is 16.4. The summed E-state index contributed by atoms with van der Waals surface area (Å²) >= 11 is 0. The first-order valence-electron chi connectivity index (χ1n) is 9.80. The maximum atomic E-state index is 11.7. The molecule has 28 heavy (non-hydrogen) atoms. The van der Waals surface area contributed by atoms with E-state index in [1.165, 1.54) is 0 Å². The molecule has 1 aromatic heterocycles. The van der Waals surface area contributed by atoms with E-state index >= 15 is 0 Å². The van der Waals surface area contributed by atoms with Gasteiger partial charge in [0.2, 0.25) is 0 Å². The Hall–Kier alpha value is -3.08. The van der Waals surface area contributed by atoms with Crippen molar-refractivity contribution >= 4 is 16.8 Å². The van der Waals surface area contributed by atoms with Crippen LogP contribution in [-0.2, 0) is 13.0 Å². The van der Waals surface area contributed by atoms with E-state index < -0.39 is 0 Å². The van der Waals surface area contributed by atoms with E-state index in [0.29, 0.717) is 19.8 Å². The first-order valence-corrected chi connectivity index (χ1v) is 9.80. The van der Waals surface area contributed by atoms with E-state index in [0.717, 1.165) is 58.5 Å². The Morgan fingerprint density at radius 1 is 1.00 bits per heavy atom. The van der Waals surface area contributed by atoms with Crippen molar-refractivity contribution in [3.63, 3.8) is 0 Å². The summed E-state index contributed by atoms with van der Waals surface area (Å²) in [5.74, 6) is 1.67. The molecule has 1 amide bonds. The highest BCUT2D eigenvalue weighted by Crippen LogP contribution is 2.27. The van der Waals surface area contributed by atoms with Gasteiger partial charge >= 0.3 is 0 Å². The average Bonchev–Trinajstić information content (AvgIpc) is 3.12. The van der Waals surface area contributed by atoms with E-state index in [-0.39, 0.29) is 5.91 Å². The monoisotopic (exact) mass is 376 g/mol. The van der Waals surface area contributed by atoms with Crippen molar-refractivity contribution in [3.8, 4) is 11.5 Å². The fraction of sp³-hybridized carbons (Fsp3) is 0.304. The van der Waals surface area contributed by atoms with Crippen molar-refractivity contribution < 1.29 is 14.3 Å². The van der Waals surface area contributed by atoms with Gasteiger partial charge in [0.05, 0.1) is 18.7 Å². The maximum Gasteiger partial charge on any atom is 0.252 e. The van der Waals surface area contributed by atoms with Crippen LogP contribution in [0.25, 0.3) is 10.9 Å². The van der Waals surface area contributed by atoms with Crippen LogP contribution in [0.1, 0.15) is 41.4 Å². The van der Waals surface area contributed by atoms with Crippen molar-refractivity contribution in [1.82, 2.24) is 10.3 Å². The lowest BCUT2D eigenvalue weighted by molar-refractivity contribution is 0.0965. The molecule has 0 saturated heterocycles. The highest BCUT2D eigenvalue weighted by atomic mass is 16.5. The lowest BCUT2D eigenvalue weighted by Crippen LogP contribution is -2.12. The first-order chi connectivity index (χ1) is 13.8. The number of carbonyl (C=O) groups is 1. The zero-order valence-electron chi connectivity index (χ0n) is 16.0. The van der Waals surface area contributed by atoms with Gasteiger partial charge in [0.25, 0.3) is 5.91 Å². The fourth-order valence-electron chi connectivity index (χ4n) is 3.42. The van der Waals surface area contributed by atoms with E-state index in [9.17, 15) is 4.79 Å². The Labute approximate surface area is 164 Å². The second kappa shape index (κ2) is 8.30. The minimum atomic E-state index is -0.0233. The SMILES string of the molecule is CCc1cc(OCCCCOc2cccc3c2CNC3=O)c2ccccc2n1. The Balaban J connectivity index is 1.29. The number of para-hydroxylation sites is 1. The molecule has 4 rings (SSSR count). The average molecular weight is 376 g/mol. The fourth-order valence-corrected chi connectivity index (χ4v) is 3.42. The summed E-state index contributed by atoms with van der Waals surface area (Å²) in [6.45, 7) is 3.88. The molecule has 0 radical (unpaired) electrons. The van der Waals surface area contributed by atoms with E-state index in [2.05, 4.69) is 17.2 Å². The lowest BCUT2D eigenvalue weighted by Gasteiger charge is -2.12. The number of unbranched alkanes of at least 4 members (excludes halogenated alkanes) is 1. The zero-order valence-corrected chi connectivity index (χ0v) is 16.0. The number of ether oxygens (including phenoxy) is 2. The van der Waals surface area contributed by atoms with E-state index in [1.54, 1.807) is 0 Å². The normalized spacial score (nSPS) is 12.7. The molecular weight excluding hydrogens is 352 g/mol. The van der Waals surface area contributed by atoms with Gasteiger partial charge < -0.3 is 14.8 Å². The summed E-state index contributed by atoms with van der Waals surface area (Å²) in [6, 6.07) is 15.7. The van der Waals surface area contributed by atoms with Gasteiger partial charge in [-0.3, -0.25) is 9.78 Å². The van der Waals surface area contributed by atoms with Gasteiger partial charge in [-0.1, -0.05) is 25.1 Å². The standard InChI is InChI=1S/C23H24N2O3/c1-2-16-14-22(18-8-3-4-10-20(18)25-16)28-13-6-5-12-27-21-11-7-9-17-19(21)15-24-23(17)26/h3-4,7-11,14H,2,5-6,12-13,15H2,1H3,(H,24,26). The number of carbonyl (C=O) groups excluding carboxylic acids is 1. The molecule has 1 N–H and O–H groups in total. The van der Waals surface area contributed by atoms with Crippen molar-refractivity contribution in [1.29, 1.82) is 0 Å². The summed E-state index contributed by atoms with van der Waals surface area (Å²) in [5.41, 5.74) is 3.69. The third kappa shape index (κ3) is 3.79. The molecule has 1 aliphatic heterocycles. The highest BCUT2D eigenvalue weighted by molar-refractivity contribution is 5.99. The maximum absolute atomic E-state index is 11.7. The van der Waals surface area contributed by atoms with Crippen molar-refractivity contribution in [2.75, 3.05) is 13.2 Å². The molecule has 5 heteroatoms. The number of aromatic nitrogens is 1. The number of rotatable bonds is 8. The summed E-state index contributed by atoms with van der Waals surface area (Å²) < 4.78 is 12.0. The summed E-state index contributed by atoms with van der Waals surface area (Å²) in [5, 5.41) is 3.88. The number of fused-ring (bicyclic) bond motifs is 2. The Morgan fingerprint density at radius 2 is 1.79 bits per heavy atom. The van der Waals surface area contributed by atoms with Crippen molar-refractivity contribution in [2.24, 2.45) is 0 Å². The molecule has 0 aliphatic carbocycles. The van der Waals surface area contributed by atoms with Crippen molar-refractivity contribution in [3.05, 3.63) is 65.4 Å². The number of amides is 1. The molecule has 0 unspecified atom stereocenters. The molecule has 1 aliphatic rings. The number of pyridine rings is 1. The molecule has 0 fully saturated rings. The number of nitrogens with zero attached hydrogens (tertiary/aromatic N) is 1.